The van der Waals surface area contributed by atoms with Crippen molar-refractivity contribution in [2.75, 3.05) is 11.9 Å². The van der Waals surface area contributed by atoms with Gasteiger partial charge < -0.3 is 9.73 Å². The Morgan fingerprint density at radius 2 is 2.38 bits per heavy atom. The Labute approximate surface area is 102 Å². The van der Waals surface area contributed by atoms with Gasteiger partial charge >= 0.3 is 0 Å². The van der Waals surface area contributed by atoms with Crippen molar-refractivity contribution in [1.82, 2.24) is 9.97 Å². The summed E-state index contributed by atoms with van der Waals surface area (Å²) >= 11 is 3.41. The zero-order valence-corrected chi connectivity index (χ0v) is 10.5. The number of furan rings is 1. The molecule has 4 nitrogen and oxygen atoms in total. The molecule has 0 saturated carbocycles. The Morgan fingerprint density at radius 1 is 1.50 bits per heavy atom. The summed E-state index contributed by atoms with van der Waals surface area (Å²) in [5.74, 6) is 1.48. The molecule has 0 spiro atoms. The molecule has 5 heteroatoms. The largest absolute Gasteiger partial charge is 0.472 e. The Kier molecular flexibility index (Phi) is 3.56. The number of nitrogens with zero attached hydrogens (tertiary/aromatic N) is 2. The highest BCUT2D eigenvalue weighted by Crippen LogP contribution is 2.23. The van der Waals surface area contributed by atoms with Crippen LogP contribution in [0.5, 0.6) is 0 Å². The molecule has 0 aliphatic heterocycles. The number of nitrogens with one attached hydrogen (secondary N) is 1. The van der Waals surface area contributed by atoms with Gasteiger partial charge in [-0.2, -0.15) is 0 Å². The normalized spacial score (nSPS) is 10.4. The van der Waals surface area contributed by atoms with Crippen LogP contribution in [0.4, 0.5) is 5.82 Å². The van der Waals surface area contributed by atoms with Crippen LogP contribution in [0.25, 0.3) is 11.4 Å². The van der Waals surface area contributed by atoms with E-state index in [1.165, 1.54) is 0 Å². The lowest BCUT2D eigenvalue weighted by molar-refractivity contribution is 0.568. The molecule has 0 amide bonds. The van der Waals surface area contributed by atoms with E-state index in [1.807, 2.05) is 6.07 Å². The van der Waals surface area contributed by atoms with Crippen molar-refractivity contribution in [3.8, 4) is 11.4 Å². The highest BCUT2D eigenvalue weighted by atomic mass is 79.9. The molecular weight excluding hydrogens is 270 g/mol. The van der Waals surface area contributed by atoms with Crippen molar-refractivity contribution in [1.29, 1.82) is 0 Å². The van der Waals surface area contributed by atoms with Crippen LogP contribution in [0.3, 0.4) is 0 Å². The number of anilines is 1. The topological polar surface area (TPSA) is 51.0 Å². The van der Waals surface area contributed by atoms with Crippen molar-refractivity contribution in [3.63, 3.8) is 0 Å². The van der Waals surface area contributed by atoms with Crippen LogP contribution in [0.1, 0.15) is 13.3 Å². The Balaban J connectivity index is 2.28. The molecule has 2 aromatic rings. The van der Waals surface area contributed by atoms with E-state index in [-0.39, 0.29) is 0 Å². The van der Waals surface area contributed by atoms with Gasteiger partial charge in [0.15, 0.2) is 5.82 Å². The number of hydrogen-bond acceptors (Lipinski definition) is 4. The fraction of sp³-hybridized carbons (Fsp3) is 0.273. The number of rotatable bonds is 4. The monoisotopic (exact) mass is 281 g/mol. The Bertz CT molecular complexity index is 456. The lowest BCUT2D eigenvalue weighted by atomic mass is 10.3. The maximum Gasteiger partial charge on any atom is 0.164 e. The van der Waals surface area contributed by atoms with Gasteiger partial charge in [0.1, 0.15) is 12.1 Å². The third-order valence-corrected chi connectivity index (χ3v) is 2.65. The van der Waals surface area contributed by atoms with E-state index in [4.69, 9.17) is 4.42 Å². The first kappa shape index (κ1) is 11.1. The lowest BCUT2D eigenvalue weighted by Crippen LogP contribution is -2.04. The predicted molar refractivity (Wildman–Crippen MR) is 66.2 cm³/mol. The fourth-order valence-electron chi connectivity index (χ4n) is 1.27. The number of aromatic nitrogens is 2. The van der Waals surface area contributed by atoms with Crippen molar-refractivity contribution in [2.24, 2.45) is 0 Å². The third-order valence-electron chi connectivity index (χ3n) is 2.07. The first-order chi connectivity index (χ1) is 7.81. The first-order valence-corrected chi connectivity index (χ1v) is 5.89. The molecule has 2 aromatic heterocycles. The summed E-state index contributed by atoms with van der Waals surface area (Å²) in [6.07, 6.45) is 6.04. The van der Waals surface area contributed by atoms with E-state index in [1.54, 1.807) is 18.7 Å². The average molecular weight is 282 g/mol. The van der Waals surface area contributed by atoms with Gasteiger partial charge in [-0.1, -0.05) is 6.92 Å². The minimum absolute atomic E-state index is 0.663. The molecule has 0 bridgehead atoms. The van der Waals surface area contributed by atoms with E-state index in [0.29, 0.717) is 5.82 Å². The van der Waals surface area contributed by atoms with Gasteiger partial charge in [0.2, 0.25) is 0 Å². The smallest absolute Gasteiger partial charge is 0.164 e. The van der Waals surface area contributed by atoms with Crippen LogP contribution in [0, 0.1) is 0 Å². The van der Waals surface area contributed by atoms with E-state index >= 15 is 0 Å². The lowest BCUT2D eigenvalue weighted by Gasteiger charge is -2.06. The fourth-order valence-corrected chi connectivity index (χ4v) is 1.60. The molecule has 0 aliphatic rings. The molecule has 2 heterocycles. The maximum atomic E-state index is 5.01. The predicted octanol–water partition coefficient (Wildman–Crippen LogP) is 3.32. The second-order valence-electron chi connectivity index (χ2n) is 3.33. The van der Waals surface area contributed by atoms with Crippen molar-refractivity contribution in [2.45, 2.75) is 13.3 Å². The van der Waals surface area contributed by atoms with E-state index in [2.05, 4.69) is 38.1 Å². The first-order valence-electron chi connectivity index (χ1n) is 5.10. The molecule has 84 valence electrons. The molecule has 0 unspecified atom stereocenters. The van der Waals surface area contributed by atoms with Gasteiger partial charge in [-0.3, -0.25) is 0 Å². The zero-order chi connectivity index (χ0) is 11.4. The number of halogens is 1. The van der Waals surface area contributed by atoms with Gasteiger partial charge in [0, 0.05) is 12.7 Å². The minimum Gasteiger partial charge on any atom is -0.472 e. The van der Waals surface area contributed by atoms with Gasteiger partial charge in [-0.15, -0.1) is 0 Å². The maximum absolute atomic E-state index is 5.01. The SMILES string of the molecule is CCCNc1nc(-c2ccoc2)ncc1Br. The molecule has 0 aliphatic carbocycles. The van der Waals surface area contributed by atoms with Crippen LogP contribution in [-0.4, -0.2) is 16.5 Å². The average Bonchev–Trinajstić information content (AvgIpc) is 2.81. The van der Waals surface area contributed by atoms with E-state index in [0.717, 1.165) is 28.8 Å². The molecule has 1 N–H and O–H groups in total. The molecule has 0 atom stereocenters. The summed E-state index contributed by atoms with van der Waals surface area (Å²) < 4.78 is 5.88. The second-order valence-corrected chi connectivity index (χ2v) is 4.18. The Hall–Kier alpha value is -1.36. The Morgan fingerprint density at radius 3 is 3.06 bits per heavy atom. The van der Waals surface area contributed by atoms with Gasteiger partial charge in [0.05, 0.1) is 16.3 Å². The molecule has 0 fully saturated rings. The summed E-state index contributed by atoms with van der Waals surface area (Å²) in [5.41, 5.74) is 0.882. The van der Waals surface area contributed by atoms with Crippen molar-refractivity contribution >= 4 is 21.7 Å². The standard InChI is InChI=1S/C11H12BrN3O/c1-2-4-13-11-9(12)6-14-10(15-11)8-3-5-16-7-8/h3,5-7H,2,4H2,1H3,(H,13,14,15). The van der Waals surface area contributed by atoms with Crippen molar-refractivity contribution < 1.29 is 4.42 Å². The van der Waals surface area contributed by atoms with Crippen LogP contribution in [0.15, 0.2) is 33.7 Å². The molecule has 16 heavy (non-hydrogen) atoms. The summed E-state index contributed by atoms with van der Waals surface area (Å²) in [4.78, 5) is 8.65. The summed E-state index contributed by atoms with van der Waals surface area (Å²) in [6, 6.07) is 1.84. The minimum atomic E-state index is 0.663. The molecule has 0 aromatic carbocycles. The quantitative estimate of drug-likeness (QED) is 0.934. The van der Waals surface area contributed by atoms with Gasteiger partial charge in [0.25, 0.3) is 0 Å². The van der Waals surface area contributed by atoms with E-state index < -0.39 is 0 Å². The third kappa shape index (κ3) is 2.41. The van der Waals surface area contributed by atoms with Crippen molar-refractivity contribution in [3.05, 3.63) is 29.3 Å². The van der Waals surface area contributed by atoms with Crippen LogP contribution >= 0.6 is 15.9 Å². The molecule has 2 rings (SSSR count). The van der Waals surface area contributed by atoms with Crippen LogP contribution in [0.2, 0.25) is 0 Å². The molecular formula is C11H12BrN3O. The molecule has 0 radical (unpaired) electrons. The van der Waals surface area contributed by atoms with E-state index in [9.17, 15) is 0 Å². The summed E-state index contributed by atoms with van der Waals surface area (Å²) in [7, 11) is 0. The summed E-state index contributed by atoms with van der Waals surface area (Å²) in [6.45, 7) is 3.00. The highest BCUT2D eigenvalue weighted by molar-refractivity contribution is 9.10. The molecule has 0 saturated heterocycles. The van der Waals surface area contributed by atoms with Crippen LogP contribution in [-0.2, 0) is 0 Å². The number of hydrogen-bond donors (Lipinski definition) is 1. The van der Waals surface area contributed by atoms with Crippen LogP contribution < -0.4 is 5.32 Å². The second kappa shape index (κ2) is 5.12. The zero-order valence-electron chi connectivity index (χ0n) is 8.90. The van der Waals surface area contributed by atoms with Gasteiger partial charge in [-0.25, -0.2) is 9.97 Å². The highest BCUT2D eigenvalue weighted by Gasteiger charge is 2.07. The summed E-state index contributed by atoms with van der Waals surface area (Å²) in [5, 5.41) is 3.24. The van der Waals surface area contributed by atoms with Gasteiger partial charge in [-0.05, 0) is 28.4 Å².